The molecule has 1 aliphatic carbocycles. The van der Waals surface area contributed by atoms with Crippen LogP contribution in [0.3, 0.4) is 0 Å². The van der Waals surface area contributed by atoms with E-state index in [4.69, 9.17) is 4.99 Å². The number of aromatic hydroxyl groups is 1. The number of rotatable bonds is 6. The fourth-order valence-electron chi connectivity index (χ4n) is 3.18. The molecular weight excluding hydrogens is 456 g/mol. The molecule has 0 bridgehead atoms. The lowest BCUT2D eigenvalue weighted by Gasteiger charge is -2.02. The molecule has 170 valence electrons. The summed E-state index contributed by atoms with van der Waals surface area (Å²) in [7, 11) is 0. The van der Waals surface area contributed by atoms with Gasteiger partial charge in [0.2, 0.25) is 5.88 Å². The second kappa shape index (κ2) is 8.24. The van der Waals surface area contributed by atoms with Gasteiger partial charge in [0.15, 0.2) is 11.1 Å². The zero-order chi connectivity index (χ0) is 23.1. The molecule has 4 N–H and O–H groups in total. The maximum absolute atomic E-state index is 12.4. The van der Waals surface area contributed by atoms with Crippen molar-refractivity contribution in [3.63, 3.8) is 0 Å². The molecule has 0 spiro atoms. The van der Waals surface area contributed by atoms with Crippen LogP contribution < -0.4 is 21.7 Å². The highest BCUT2D eigenvalue weighted by Crippen LogP contribution is 2.27. The summed E-state index contributed by atoms with van der Waals surface area (Å²) in [6, 6.07) is 5.20. The van der Waals surface area contributed by atoms with Gasteiger partial charge in [0.25, 0.3) is 12.3 Å². The summed E-state index contributed by atoms with van der Waals surface area (Å²) < 4.78 is 26.4. The van der Waals surface area contributed by atoms with E-state index in [0.717, 1.165) is 24.2 Å². The molecule has 4 heterocycles. The molecule has 10 nitrogen and oxygen atoms in total. The van der Waals surface area contributed by atoms with Crippen LogP contribution in [-0.2, 0) is 0 Å². The normalized spacial score (nSPS) is 15.1. The van der Waals surface area contributed by atoms with E-state index in [2.05, 4.69) is 25.4 Å². The van der Waals surface area contributed by atoms with Crippen LogP contribution in [-0.4, -0.2) is 54.6 Å². The molecule has 0 unspecified atom stereocenters. The first kappa shape index (κ1) is 21.0. The van der Waals surface area contributed by atoms with Crippen LogP contribution in [0.15, 0.2) is 34.2 Å². The molecule has 1 saturated carbocycles. The van der Waals surface area contributed by atoms with Crippen LogP contribution in [0.2, 0.25) is 0 Å². The maximum Gasteiger partial charge on any atom is 0.326 e. The van der Waals surface area contributed by atoms with Crippen molar-refractivity contribution in [2.45, 2.75) is 25.3 Å². The van der Waals surface area contributed by atoms with E-state index in [1.807, 2.05) is 0 Å². The lowest BCUT2D eigenvalue weighted by Crippen LogP contribution is -2.27. The number of H-pyrrole nitrogens is 2. The van der Waals surface area contributed by atoms with E-state index < -0.39 is 24.6 Å². The molecule has 0 aliphatic heterocycles. The number of thiophene rings is 1. The highest BCUT2D eigenvalue weighted by molar-refractivity contribution is 7.17. The number of carbonyl (C=O) groups is 1. The number of fused-ring (bicyclic) bond motifs is 1. The number of amides is 1. The van der Waals surface area contributed by atoms with Crippen LogP contribution in [0.25, 0.3) is 22.3 Å². The van der Waals surface area contributed by atoms with Gasteiger partial charge in [-0.2, -0.15) is 9.61 Å². The van der Waals surface area contributed by atoms with Crippen LogP contribution >= 0.6 is 11.3 Å². The molecule has 0 atom stereocenters. The number of hydrogen-bond acceptors (Lipinski definition) is 7. The van der Waals surface area contributed by atoms with Crippen LogP contribution in [0, 0.1) is 0 Å². The Morgan fingerprint density at radius 3 is 2.91 bits per heavy atom. The first-order chi connectivity index (χ1) is 15.9. The number of alkyl halides is 2. The Bertz CT molecular complexity index is 1530. The van der Waals surface area contributed by atoms with Gasteiger partial charge in [0.1, 0.15) is 5.69 Å². The van der Waals surface area contributed by atoms with Crippen molar-refractivity contribution >= 4 is 29.0 Å². The molecule has 4 aromatic rings. The summed E-state index contributed by atoms with van der Waals surface area (Å²) in [5, 5.41) is 17.0. The quantitative estimate of drug-likeness (QED) is 0.328. The molecule has 13 heteroatoms. The molecule has 0 saturated heterocycles. The summed E-state index contributed by atoms with van der Waals surface area (Å²) >= 11 is 1.12. The largest absolute Gasteiger partial charge is 0.493 e. The number of hydrogen-bond donors (Lipinski definition) is 4. The van der Waals surface area contributed by atoms with Crippen molar-refractivity contribution in [1.29, 1.82) is 0 Å². The molecule has 4 aromatic heterocycles. The Morgan fingerprint density at radius 2 is 2.21 bits per heavy atom. The molecule has 1 aliphatic rings. The highest BCUT2D eigenvalue weighted by Gasteiger charge is 2.21. The summed E-state index contributed by atoms with van der Waals surface area (Å²) in [6.45, 7) is -0.718. The number of carbonyl (C=O) groups excluding carboxylic acids is 1. The van der Waals surface area contributed by atoms with Gasteiger partial charge in [-0.3, -0.25) is 14.8 Å². The van der Waals surface area contributed by atoms with E-state index in [1.54, 1.807) is 28.9 Å². The van der Waals surface area contributed by atoms with Gasteiger partial charge < -0.3 is 15.4 Å². The predicted octanol–water partition coefficient (Wildman–Crippen LogP) is 0.785. The zero-order valence-electron chi connectivity index (χ0n) is 16.9. The van der Waals surface area contributed by atoms with Crippen molar-refractivity contribution in [3.05, 3.63) is 56.2 Å². The van der Waals surface area contributed by atoms with Crippen LogP contribution in [0.4, 0.5) is 8.78 Å². The van der Waals surface area contributed by atoms with E-state index in [0.29, 0.717) is 26.9 Å². The molecular formula is C20H17F2N7O3S. The third kappa shape index (κ3) is 4.39. The second-order valence-corrected chi connectivity index (χ2v) is 8.53. The van der Waals surface area contributed by atoms with Gasteiger partial charge >= 0.3 is 5.69 Å². The predicted molar refractivity (Wildman–Crippen MR) is 115 cm³/mol. The van der Waals surface area contributed by atoms with E-state index in [9.17, 15) is 23.5 Å². The molecule has 1 fully saturated rings. The number of aromatic nitrogens is 5. The number of halogens is 2. The van der Waals surface area contributed by atoms with Gasteiger partial charge in [-0.15, -0.1) is 11.3 Å². The lowest BCUT2D eigenvalue weighted by molar-refractivity contribution is 0.0895. The third-order valence-corrected chi connectivity index (χ3v) is 5.98. The SMILES string of the molecule is O=C(NCC(F)F)c1ccc(-c2cc(=NC3CC3)n3nc/c(=C/c4[nH]c(=O)[nH]c4O)c3n2)s1. The third-order valence-electron chi connectivity index (χ3n) is 4.88. The van der Waals surface area contributed by atoms with Crippen molar-refractivity contribution in [2.24, 2.45) is 4.99 Å². The Labute approximate surface area is 187 Å². The fraction of sp³-hybridized carbons (Fsp3) is 0.250. The van der Waals surface area contributed by atoms with E-state index in [-0.39, 0.29) is 22.5 Å². The molecule has 0 aromatic carbocycles. The van der Waals surface area contributed by atoms with Crippen molar-refractivity contribution in [2.75, 3.05) is 6.54 Å². The van der Waals surface area contributed by atoms with Gasteiger partial charge in [-0.05, 0) is 31.1 Å². The van der Waals surface area contributed by atoms with E-state index >= 15 is 0 Å². The zero-order valence-corrected chi connectivity index (χ0v) is 17.7. The van der Waals surface area contributed by atoms with E-state index in [1.165, 1.54) is 6.08 Å². The Morgan fingerprint density at radius 1 is 1.39 bits per heavy atom. The Balaban J connectivity index is 1.61. The van der Waals surface area contributed by atoms with Gasteiger partial charge in [-0.1, -0.05) is 0 Å². The van der Waals surface area contributed by atoms with Crippen LogP contribution in [0.5, 0.6) is 5.88 Å². The van der Waals surface area contributed by atoms with Gasteiger partial charge in [-0.25, -0.2) is 18.6 Å². The average Bonchev–Trinajstić information content (AvgIpc) is 3.16. The van der Waals surface area contributed by atoms with Gasteiger partial charge in [0.05, 0.1) is 34.2 Å². The van der Waals surface area contributed by atoms with Crippen molar-refractivity contribution in [1.82, 2.24) is 29.9 Å². The monoisotopic (exact) mass is 473 g/mol. The lowest BCUT2D eigenvalue weighted by atomic mass is 10.3. The van der Waals surface area contributed by atoms with Gasteiger partial charge in [0, 0.05) is 11.3 Å². The minimum atomic E-state index is -2.63. The first-order valence-electron chi connectivity index (χ1n) is 9.99. The fourth-order valence-corrected chi connectivity index (χ4v) is 4.06. The average molecular weight is 473 g/mol. The van der Waals surface area contributed by atoms with Crippen molar-refractivity contribution in [3.8, 4) is 16.5 Å². The summed E-state index contributed by atoms with van der Waals surface area (Å²) in [5.41, 5.74) is 1.16. The second-order valence-electron chi connectivity index (χ2n) is 7.45. The summed E-state index contributed by atoms with van der Waals surface area (Å²) in [6.07, 6.45) is 2.40. The standard InChI is InChI=1S/C20H17F2N7O3S/c21-15(22)8-23-19(31)14-4-3-13(33-14)11-6-16(25-10-1-2-10)29-17(26-11)9(7-24-29)5-12-18(30)28-20(32)27-12/h3-7,10,15,30H,1-2,8H2,(H,23,31)(H2,27,28,32)/b9-5-,25-16?. The highest BCUT2D eigenvalue weighted by atomic mass is 32.1. The molecule has 1 amide bonds. The Kier molecular flexibility index (Phi) is 5.24. The number of nitrogens with one attached hydrogen (secondary N) is 3. The first-order valence-corrected chi connectivity index (χ1v) is 10.8. The summed E-state index contributed by atoms with van der Waals surface area (Å²) in [5.74, 6) is -0.892. The minimum absolute atomic E-state index is 0.178. The topological polar surface area (TPSA) is 141 Å². The number of aromatic amines is 2. The minimum Gasteiger partial charge on any atom is -0.493 e. The number of nitrogens with zero attached hydrogens (tertiary/aromatic N) is 4. The smallest absolute Gasteiger partial charge is 0.326 e. The summed E-state index contributed by atoms with van der Waals surface area (Å²) in [4.78, 5) is 38.6. The Hall–Kier alpha value is -3.87. The molecule has 33 heavy (non-hydrogen) atoms. The maximum atomic E-state index is 12.4. The van der Waals surface area contributed by atoms with Crippen molar-refractivity contribution < 1.29 is 18.7 Å². The van der Waals surface area contributed by atoms with Crippen LogP contribution in [0.1, 0.15) is 28.2 Å². The number of imidazole rings is 1. The molecule has 5 rings (SSSR count). The molecule has 0 radical (unpaired) electrons.